The molecular weight excluding hydrogens is 402 g/mol. The molecule has 1 spiro atoms. The Bertz CT molecular complexity index is 717. The maximum atomic E-state index is 13.3. The first kappa shape index (κ1) is 23.0. The van der Waals surface area contributed by atoms with Crippen molar-refractivity contribution in [1.82, 2.24) is 15.5 Å². The predicted octanol–water partition coefficient (Wildman–Crippen LogP) is 3.13. The first-order valence-electron chi connectivity index (χ1n) is 11.0. The van der Waals surface area contributed by atoms with E-state index in [1.807, 2.05) is 19.1 Å². The minimum Gasteiger partial charge on any atom is -0.379 e. The summed E-state index contributed by atoms with van der Waals surface area (Å²) < 4.78 is 5.70. The van der Waals surface area contributed by atoms with E-state index in [9.17, 15) is 9.59 Å². The highest BCUT2D eigenvalue weighted by molar-refractivity contribution is 6.30. The minimum atomic E-state index is -0.551. The molecule has 0 saturated carbocycles. The standard InChI is InChI=1S/C23H34ClN3O3/c1-17-16-30-14-4-3-9-23(22(29)26-18(2)21(28)25-17)10-12-27(13-11-23)15-19-5-7-20(24)8-6-19/h5-8,17-18H,3-4,9-16H2,1-2H3,(H,25,28)(H,26,29)/t17-,18-/m0/s1. The number of ether oxygens (including phenoxy) is 1. The van der Waals surface area contributed by atoms with Crippen LogP contribution < -0.4 is 10.6 Å². The summed E-state index contributed by atoms with van der Waals surface area (Å²) in [6, 6.07) is 7.33. The van der Waals surface area contributed by atoms with Gasteiger partial charge in [-0.25, -0.2) is 0 Å². The van der Waals surface area contributed by atoms with Crippen molar-refractivity contribution in [2.24, 2.45) is 5.41 Å². The molecule has 0 bridgehead atoms. The monoisotopic (exact) mass is 435 g/mol. The highest BCUT2D eigenvalue weighted by atomic mass is 35.5. The average Bonchev–Trinajstić information content (AvgIpc) is 2.73. The Kier molecular flexibility index (Phi) is 8.14. The molecule has 7 heteroatoms. The number of piperidine rings is 1. The zero-order valence-electron chi connectivity index (χ0n) is 18.1. The molecule has 2 fully saturated rings. The van der Waals surface area contributed by atoms with Gasteiger partial charge in [0, 0.05) is 24.2 Å². The molecule has 0 radical (unpaired) electrons. The van der Waals surface area contributed by atoms with Gasteiger partial charge in [-0.1, -0.05) is 30.2 Å². The van der Waals surface area contributed by atoms with Crippen molar-refractivity contribution in [3.63, 3.8) is 0 Å². The largest absolute Gasteiger partial charge is 0.379 e. The van der Waals surface area contributed by atoms with Gasteiger partial charge in [0.15, 0.2) is 0 Å². The van der Waals surface area contributed by atoms with E-state index in [2.05, 4.69) is 27.7 Å². The van der Waals surface area contributed by atoms with Crippen LogP contribution in [0.2, 0.25) is 5.02 Å². The lowest BCUT2D eigenvalue weighted by Crippen LogP contribution is -2.54. The number of halogens is 1. The van der Waals surface area contributed by atoms with Gasteiger partial charge >= 0.3 is 0 Å². The normalized spacial score (nSPS) is 26.8. The summed E-state index contributed by atoms with van der Waals surface area (Å²) in [4.78, 5) is 28.1. The molecule has 2 N–H and O–H groups in total. The third-order valence-corrected chi connectivity index (χ3v) is 6.56. The number of hydrogen-bond donors (Lipinski definition) is 2. The number of nitrogens with zero attached hydrogens (tertiary/aromatic N) is 1. The van der Waals surface area contributed by atoms with E-state index in [-0.39, 0.29) is 17.9 Å². The van der Waals surface area contributed by atoms with E-state index in [4.69, 9.17) is 16.3 Å². The second-order valence-electron chi connectivity index (χ2n) is 8.82. The van der Waals surface area contributed by atoms with Crippen LogP contribution in [-0.2, 0) is 20.9 Å². The highest BCUT2D eigenvalue weighted by Crippen LogP contribution is 2.37. The number of carbonyl (C=O) groups excluding carboxylic acids is 2. The molecule has 2 aliphatic rings. The van der Waals surface area contributed by atoms with E-state index in [1.54, 1.807) is 6.92 Å². The van der Waals surface area contributed by atoms with Crippen molar-refractivity contribution >= 4 is 23.4 Å². The van der Waals surface area contributed by atoms with Crippen molar-refractivity contribution in [3.05, 3.63) is 34.9 Å². The maximum absolute atomic E-state index is 13.3. The first-order chi connectivity index (χ1) is 14.4. The second kappa shape index (κ2) is 10.6. The number of nitrogens with one attached hydrogen (secondary N) is 2. The van der Waals surface area contributed by atoms with Crippen LogP contribution in [0.15, 0.2) is 24.3 Å². The molecule has 2 aliphatic heterocycles. The third kappa shape index (κ3) is 6.19. The lowest BCUT2D eigenvalue weighted by Gasteiger charge is -2.41. The van der Waals surface area contributed by atoms with Gasteiger partial charge in [0.25, 0.3) is 0 Å². The minimum absolute atomic E-state index is 0.0177. The summed E-state index contributed by atoms with van der Waals surface area (Å²) in [5.74, 6) is -0.141. The lowest BCUT2D eigenvalue weighted by molar-refractivity contribution is -0.138. The fourth-order valence-electron chi connectivity index (χ4n) is 4.33. The number of likely N-dealkylation sites (tertiary alicyclic amines) is 1. The number of amides is 2. The van der Waals surface area contributed by atoms with Gasteiger partial charge in [-0.15, -0.1) is 0 Å². The van der Waals surface area contributed by atoms with E-state index < -0.39 is 11.5 Å². The van der Waals surface area contributed by atoms with Crippen LogP contribution >= 0.6 is 11.6 Å². The summed E-state index contributed by atoms with van der Waals surface area (Å²) >= 11 is 5.99. The molecule has 166 valence electrons. The Morgan fingerprint density at radius 1 is 1.07 bits per heavy atom. The topological polar surface area (TPSA) is 70.7 Å². The highest BCUT2D eigenvalue weighted by Gasteiger charge is 2.41. The van der Waals surface area contributed by atoms with Gasteiger partial charge < -0.3 is 15.4 Å². The number of benzene rings is 1. The van der Waals surface area contributed by atoms with Crippen LogP contribution in [-0.4, -0.2) is 55.1 Å². The molecule has 2 amide bonds. The van der Waals surface area contributed by atoms with E-state index in [0.29, 0.717) is 13.2 Å². The van der Waals surface area contributed by atoms with E-state index >= 15 is 0 Å². The molecule has 2 saturated heterocycles. The molecule has 3 rings (SSSR count). The van der Waals surface area contributed by atoms with Gasteiger partial charge in [0.1, 0.15) is 6.04 Å². The molecule has 2 atom stereocenters. The SMILES string of the molecule is C[C@@H]1NC(=O)C2(CCCCOC[C@H](C)NC1=O)CCN(Cc1ccc(Cl)cc1)CC2. The molecule has 6 nitrogen and oxygen atoms in total. The Morgan fingerprint density at radius 3 is 2.47 bits per heavy atom. The Balaban J connectivity index is 1.64. The molecule has 0 aromatic heterocycles. The summed E-state index contributed by atoms with van der Waals surface area (Å²) in [5.41, 5.74) is 0.816. The molecule has 30 heavy (non-hydrogen) atoms. The van der Waals surface area contributed by atoms with Gasteiger partial charge in [0.2, 0.25) is 11.8 Å². The third-order valence-electron chi connectivity index (χ3n) is 6.31. The van der Waals surface area contributed by atoms with Gasteiger partial charge in [0.05, 0.1) is 12.0 Å². The molecule has 0 unspecified atom stereocenters. The number of carbonyl (C=O) groups is 2. The van der Waals surface area contributed by atoms with Gasteiger partial charge in [-0.05, 0) is 70.3 Å². The molecule has 0 aliphatic carbocycles. The lowest BCUT2D eigenvalue weighted by atomic mass is 9.73. The van der Waals surface area contributed by atoms with E-state index in [0.717, 1.165) is 56.8 Å². The van der Waals surface area contributed by atoms with Crippen LogP contribution in [0.5, 0.6) is 0 Å². The van der Waals surface area contributed by atoms with Crippen LogP contribution in [0.4, 0.5) is 0 Å². The summed E-state index contributed by atoms with van der Waals surface area (Å²) in [7, 11) is 0. The second-order valence-corrected chi connectivity index (χ2v) is 9.26. The summed E-state index contributed by atoms with van der Waals surface area (Å²) in [6.07, 6.45) is 4.32. The summed E-state index contributed by atoms with van der Waals surface area (Å²) in [5, 5.41) is 6.66. The van der Waals surface area contributed by atoms with Crippen molar-refractivity contribution in [2.45, 2.75) is 64.6 Å². The van der Waals surface area contributed by atoms with E-state index in [1.165, 1.54) is 5.56 Å². The molecular formula is C23H34ClN3O3. The van der Waals surface area contributed by atoms with Gasteiger partial charge in [-0.3, -0.25) is 14.5 Å². The van der Waals surface area contributed by atoms with Crippen LogP contribution in [0.25, 0.3) is 0 Å². The number of hydrogen-bond acceptors (Lipinski definition) is 4. The van der Waals surface area contributed by atoms with Crippen LogP contribution in [0, 0.1) is 5.41 Å². The first-order valence-corrected chi connectivity index (χ1v) is 11.4. The summed E-state index contributed by atoms with van der Waals surface area (Å²) in [6.45, 7) is 7.43. The zero-order chi connectivity index (χ0) is 21.6. The average molecular weight is 436 g/mol. The van der Waals surface area contributed by atoms with Crippen molar-refractivity contribution in [3.8, 4) is 0 Å². The van der Waals surface area contributed by atoms with Crippen LogP contribution in [0.3, 0.4) is 0 Å². The van der Waals surface area contributed by atoms with Crippen molar-refractivity contribution in [2.75, 3.05) is 26.3 Å². The maximum Gasteiger partial charge on any atom is 0.242 e. The Hall–Kier alpha value is -1.63. The van der Waals surface area contributed by atoms with Gasteiger partial charge in [-0.2, -0.15) is 0 Å². The fourth-order valence-corrected chi connectivity index (χ4v) is 4.46. The van der Waals surface area contributed by atoms with Crippen molar-refractivity contribution in [1.29, 1.82) is 0 Å². The predicted molar refractivity (Wildman–Crippen MR) is 118 cm³/mol. The quantitative estimate of drug-likeness (QED) is 0.748. The number of rotatable bonds is 2. The Morgan fingerprint density at radius 2 is 1.77 bits per heavy atom. The van der Waals surface area contributed by atoms with Crippen molar-refractivity contribution < 1.29 is 14.3 Å². The smallest absolute Gasteiger partial charge is 0.242 e. The molecule has 1 aromatic rings. The Labute approximate surface area is 184 Å². The fraction of sp³-hybridized carbons (Fsp3) is 0.652. The zero-order valence-corrected chi connectivity index (χ0v) is 18.8. The molecule has 2 heterocycles. The van der Waals surface area contributed by atoms with Crippen LogP contribution in [0.1, 0.15) is 51.5 Å². The molecule has 1 aromatic carbocycles.